The number of nitrogens with one attached hydrogen (secondary N) is 1. The summed E-state index contributed by atoms with van der Waals surface area (Å²) < 4.78 is 5.17. The quantitative estimate of drug-likeness (QED) is 0.790. The van der Waals surface area contributed by atoms with Gasteiger partial charge in [-0.1, -0.05) is 18.2 Å². The predicted molar refractivity (Wildman–Crippen MR) is 95.5 cm³/mol. The van der Waals surface area contributed by atoms with Crippen molar-refractivity contribution in [2.24, 2.45) is 0 Å². The zero-order valence-electron chi connectivity index (χ0n) is 13.4. The van der Waals surface area contributed by atoms with Crippen LogP contribution in [0.3, 0.4) is 0 Å². The van der Waals surface area contributed by atoms with Crippen molar-refractivity contribution in [3.63, 3.8) is 0 Å². The molecule has 0 fully saturated rings. The summed E-state index contributed by atoms with van der Waals surface area (Å²) in [5.41, 5.74) is 3.52. The molecule has 0 amide bonds. The minimum atomic E-state index is 0.585. The number of hydrogen-bond donors (Lipinski definition) is 1. The fourth-order valence-electron chi connectivity index (χ4n) is 2.94. The molecule has 24 heavy (non-hydrogen) atoms. The Morgan fingerprint density at radius 2 is 1.88 bits per heavy atom. The van der Waals surface area contributed by atoms with Crippen LogP contribution in [-0.4, -0.2) is 23.6 Å². The first kappa shape index (κ1) is 14.5. The van der Waals surface area contributed by atoms with Crippen molar-refractivity contribution in [2.75, 3.05) is 23.9 Å². The van der Waals surface area contributed by atoms with E-state index in [1.807, 2.05) is 30.3 Å². The van der Waals surface area contributed by atoms with Crippen LogP contribution in [0, 0.1) is 0 Å². The largest absolute Gasteiger partial charge is 0.497 e. The van der Waals surface area contributed by atoms with Crippen molar-refractivity contribution in [3.05, 3.63) is 66.4 Å². The Kier molecular flexibility index (Phi) is 3.75. The summed E-state index contributed by atoms with van der Waals surface area (Å²) in [5.74, 6) is 2.32. The Balaban J connectivity index is 1.58. The minimum Gasteiger partial charge on any atom is -0.497 e. The van der Waals surface area contributed by atoms with Gasteiger partial charge in [-0.3, -0.25) is 0 Å². The molecule has 5 heteroatoms. The van der Waals surface area contributed by atoms with Crippen LogP contribution in [-0.2, 0) is 6.42 Å². The first-order valence-corrected chi connectivity index (χ1v) is 7.93. The Morgan fingerprint density at radius 3 is 2.71 bits per heavy atom. The summed E-state index contributed by atoms with van der Waals surface area (Å²) in [6, 6.07) is 18.1. The van der Waals surface area contributed by atoms with Crippen LogP contribution >= 0.6 is 0 Å². The molecule has 1 aliphatic rings. The summed E-state index contributed by atoms with van der Waals surface area (Å²) in [6.45, 7) is 0.943. The molecular weight excluding hydrogens is 300 g/mol. The smallest absolute Gasteiger partial charge is 0.229 e. The highest BCUT2D eigenvalue weighted by atomic mass is 16.5. The van der Waals surface area contributed by atoms with Crippen LogP contribution in [0.4, 0.5) is 23.1 Å². The van der Waals surface area contributed by atoms with Gasteiger partial charge in [-0.05, 0) is 48.4 Å². The number of anilines is 4. The molecule has 4 rings (SSSR count). The molecule has 2 heterocycles. The van der Waals surface area contributed by atoms with E-state index in [1.165, 1.54) is 11.3 Å². The number of para-hydroxylation sites is 1. The lowest BCUT2D eigenvalue weighted by atomic mass is 10.2. The number of methoxy groups -OCH3 is 1. The molecule has 0 bridgehead atoms. The molecule has 1 aromatic heterocycles. The van der Waals surface area contributed by atoms with E-state index in [1.54, 1.807) is 13.3 Å². The van der Waals surface area contributed by atoms with Crippen molar-refractivity contribution in [3.8, 4) is 5.75 Å². The van der Waals surface area contributed by atoms with E-state index in [-0.39, 0.29) is 0 Å². The molecule has 0 aliphatic carbocycles. The molecule has 0 unspecified atom stereocenters. The van der Waals surface area contributed by atoms with Crippen LogP contribution in [0.25, 0.3) is 0 Å². The summed E-state index contributed by atoms with van der Waals surface area (Å²) >= 11 is 0. The van der Waals surface area contributed by atoms with Gasteiger partial charge in [0.05, 0.1) is 7.11 Å². The summed E-state index contributed by atoms with van der Waals surface area (Å²) in [6.07, 6.45) is 2.83. The van der Waals surface area contributed by atoms with Gasteiger partial charge in [0.2, 0.25) is 5.95 Å². The molecule has 0 radical (unpaired) electrons. The molecule has 0 atom stereocenters. The normalized spacial score (nSPS) is 12.8. The maximum Gasteiger partial charge on any atom is 0.229 e. The van der Waals surface area contributed by atoms with E-state index >= 15 is 0 Å². The molecule has 5 nitrogen and oxygen atoms in total. The first-order chi connectivity index (χ1) is 11.8. The average molecular weight is 318 g/mol. The van der Waals surface area contributed by atoms with Crippen LogP contribution in [0.5, 0.6) is 5.75 Å². The molecule has 0 saturated carbocycles. The van der Waals surface area contributed by atoms with E-state index in [2.05, 4.69) is 44.5 Å². The topological polar surface area (TPSA) is 50.3 Å². The van der Waals surface area contributed by atoms with Gasteiger partial charge in [-0.25, -0.2) is 4.98 Å². The SMILES string of the molecule is COc1ccc(Nc2nccc(N3CCc4ccccc43)n2)cc1. The number of nitrogens with zero attached hydrogens (tertiary/aromatic N) is 3. The van der Waals surface area contributed by atoms with E-state index in [0.29, 0.717) is 5.95 Å². The van der Waals surface area contributed by atoms with Crippen LogP contribution in [0.2, 0.25) is 0 Å². The second-order valence-electron chi connectivity index (χ2n) is 5.62. The highest BCUT2D eigenvalue weighted by Crippen LogP contribution is 2.33. The zero-order chi connectivity index (χ0) is 16.4. The van der Waals surface area contributed by atoms with Gasteiger partial charge >= 0.3 is 0 Å². The van der Waals surface area contributed by atoms with Crippen molar-refractivity contribution < 1.29 is 4.74 Å². The number of hydrogen-bond acceptors (Lipinski definition) is 5. The van der Waals surface area contributed by atoms with Gasteiger partial charge in [-0.2, -0.15) is 4.98 Å². The molecule has 3 aromatic rings. The van der Waals surface area contributed by atoms with Crippen LogP contribution in [0.15, 0.2) is 60.8 Å². The fraction of sp³-hybridized carbons (Fsp3) is 0.158. The summed E-state index contributed by atoms with van der Waals surface area (Å²) in [7, 11) is 1.66. The molecule has 0 spiro atoms. The van der Waals surface area contributed by atoms with Crippen molar-refractivity contribution in [2.45, 2.75) is 6.42 Å². The number of benzene rings is 2. The Hall–Kier alpha value is -3.08. The second kappa shape index (κ2) is 6.20. The number of ether oxygens (including phenoxy) is 1. The highest BCUT2D eigenvalue weighted by molar-refractivity contribution is 5.68. The number of rotatable bonds is 4. The lowest BCUT2D eigenvalue weighted by Gasteiger charge is -2.18. The molecule has 1 aliphatic heterocycles. The third-order valence-corrected chi connectivity index (χ3v) is 4.15. The summed E-state index contributed by atoms with van der Waals surface area (Å²) in [5, 5.41) is 3.24. The van der Waals surface area contributed by atoms with Gasteiger partial charge < -0.3 is 15.0 Å². The molecule has 2 aromatic carbocycles. The monoisotopic (exact) mass is 318 g/mol. The average Bonchev–Trinajstić information content (AvgIpc) is 3.07. The van der Waals surface area contributed by atoms with E-state index in [0.717, 1.165) is 30.2 Å². The molecule has 0 saturated heterocycles. The Labute approximate surface area is 140 Å². The predicted octanol–water partition coefficient (Wildman–Crippen LogP) is 3.92. The third-order valence-electron chi connectivity index (χ3n) is 4.15. The molecular formula is C19H18N4O. The van der Waals surface area contributed by atoms with Crippen molar-refractivity contribution >= 4 is 23.1 Å². The molecule has 1 N–H and O–H groups in total. The van der Waals surface area contributed by atoms with E-state index in [4.69, 9.17) is 4.74 Å². The highest BCUT2D eigenvalue weighted by Gasteiger charge is 2.20. The van der Waals surface area contributed by atoms with Crippen LogP contribution < -0.4 is 15.0 Å². The Morgan fingerprint density at radius 1 is 1.04 bits per heavy atom. The number of aromatic nitrogens is 2. The molecule has 120 valence electrons. The van der Waals surface area contributed by atoms with Gasteiger partial charge in [0, 0.05) is 24.1 Å². The second-order valence-corrected chi connectivity index (χ2v) is 5.62. The van der Waals surface area contributed by atoms with Crippen molar-refractivity contribution in [1.29, 1.82) is 0 Å². The lowest BCUT2D eigenvalue weighted by Crippen LogP contribution is -2.15. The maximum atomic E-state index is 5.17. The van der Waals surface area contributed by atoms with Gasteiger partial charge in [-0.15, -0.1) is 0 Å². The fourth-order valence-corrected chi connectivity index (χ4v) is 2.94. The maximum absolute atomic E-state index is 5.17. The lowest BCUT2D eigenvalue weighted by molar-refractivity contribution is 0.415. The number of fused-ring (bicyclic) bond motifs is 1. The third kappa shape index (κ3) is 2.76. The Bertz CT molecular complexity index is 848. The van der Waals surface area contributed by atoms with E-state index < -0.39 is 0 Å². The van der Waals surface area contributed by atoms with Gasteiger partial charge in [0.15, 0.2) is 0 Å². The first-order valence-electron chi connectivity index (χ1n) is 7.93. The standard InChI is InChI=1S/C19H18N4O/c1-24-16-8-6-15(7-9-16)21-19-20-12-10-18(22-19)23-13-11-14-4-2-3-5-17(14)23/h2-10,12H,11,13H2,1H3,(H,20,21,22). The van der Waals surface area contributed by atoms with Gasteiger partial charge in [0.25, 0.3) is 0 Å². The van der Waals surface area contributed by atoms with E-state index in [9.17, 15) is 0 Å². The minimum absolute atomic E-state index is 0.585. The van der Waals surface area contributed by atoms with Crippen molar-refractivity contribution in [1.82, 2.24) is 9.97 Å². The zero-order valence-corrected chi connectivity index (χ0v) is 13.4. The summed E-state index contributed by atoms with van der Waals surface area (Å²) in [4.78, 5) is 11.2. The van der Waals surface area contributed by atoms with Gasteiger partial charge in [0.1, 0.15) is 11.6 Å². The van der Waals surface area contributed by atoms with Crippen LogP contribution in [0.1, 0.15) is 5.56 Å².